The molecule has 0 saturated heterocycles. The summed E-state index contributed by atoms with van der Waals surface area (Å²) in [5.74, 6) is 6.18. The minimum Gasteiger partial charge on any atom is -0.467 e. The van der Waals surface area contributed by atoms with E-state index in [1.54, 1.807) is 6.07 Å². The Morgan fingerprint density at radius 3 is 2.36 bits per heavy atom. The molecule has 2 aromatic carbocycles. The van der Waals surface area contributed by atoms with E-state index in [0.717, 1.165) is 5.56 Å². The van der Waals surface area contributed by atoms with Crippen LogP contribution in [0.25, 0.3) is 0 Å². The highest BCUT2D eigenvalue weighted by Crippen LogP contribution is 2.30. The van der Waals surface area contributed by atoms with Gasteiger partial charge >= 0.3 is 0 Å². The Morgan fingerprint density at radius 1 is 1.05 bits per heavy atom. The van der Waals surface area contributed by atoms with Crippen LogP contribution in [0.1, 0.15) is 36.5 Å². The molecule has 0 unspecified atom stereocenters. The van der Waals surface area contributed by atoms with Crippen molar-refractivity contribution in [2.75, 3.05) is 13.9 Å². The predicted molar refractivity (Wildman–Crippen MR) is 85.4 cm³/mol. The number of methoxy groups -OCH3 is 1. The minimum absolute atomic E-state index is 0.0167. The molecule has 0 aliphatic carbocycles. The second-order valence-electron chi connectivity index (χ2n) is 5.19. The van der Waals surface area contributed by atoms with Gasteiger partial charge in [-0.05, 0) is 30.2 Å². The zero-order valence-corrected chi connectivity index (χ0v) is 13.0. The van der Waals surface area contributed by atoms with Gasteiger partial charge in [0.2, 0.25) is 0 Å². The van der Waals surface area contributed by atoms with Crippen LogP contribution in [-0.4, -0.2) is 13.9 Å². The highest BCUT2D eigenvalue weighted by molar-refractivity contribution is 5.49. The maximum atomic E-state index is 14.3. The highest BCUT2D eigenvalue weighted by Gasteiger charge is 2.15. The summed E-state index contributed by atoms with van der Waals surface area (Å²) in [4.78, 5) is 0. The summed E-state index contributed by atoms with van der Waals surface area (Å²) < 4.78 is 24.7. The molecule has 0 heterocycles. The monoisotopic (exact) mass is 298 g/mol. The van der Waals surface area contributed by atoms with E-state index in [2.05, 4.69) is 11.8 Å². The van der Waals surface area contributed by atoms with Crippen LogP contribution < -0.4 is 4.74 Å². The van der Waals surface area contributed by atoms with Gasteiger partial charge in [0, 0.05) is 23.8 Å². The topological polar surface area (TPSA) is 18.5 Å². The standard InChI is InChI=1S/C19H19FO2/c1-14(2)19-17(20)11-16(12-18(19)22-13-21-3)10-9-15-7-5-4-6-8-15/h4-8,11-12,14H,13H2,1-3H3. The molecular formula is C19H19FO2. The van der Waals surface area contributed by atoms with Gasteiger partial charge in [0.05, 0.1) is 0 Å². The third kappa shape index (κ3) is 4.09. The molecule has 0 bridgehead atoms. The molecule has 2 aromatic rings. The molecule has 0 aliphatic rings. The van der Waals surface area contributed by atoms with Crippen LogP contribution in [0.15, 0.2) is 42.5 Å². The smallest absolute Gasteiger partial charge is 0.188 e. The van der Waals surface area contributed by atoms with E-state index in [0.29, 0.717) is 16.9 Å². The summed E-state index contributed by atoms with van der Waals surface area (Å²) in [5, 5.41) is 0. The molecule has 114 valence electrons. The molecule has 0 fully saturated rings. The Labute approximate surface area is 130 Å². The molecule has 0 spiro atoms. The van der Waals surface area contributed by atoms with Gasteiger partial charge < -0.3 is 9.47 Å². The number of ether oxygens (including phenoxy) is 2. The van der Waals surface area contributed by atoms with Crippen LogP contribution in [0, 0.1) is 17.7 Å². The van der Waals surface area contributed by atoms with Crippen molar-refractivity contribution in [1.29, 1.82) is 0 Å². The first kappa shape index (κ1) is 16.1. The molecule has 0 atom stereocenters. The highest BCUT2D eigenvalue weighted by atomic mass is 19.1. The fourth-order valence-electron chi connectivity index (χ4n) is 2.13. The molecule has 0 aromatic heterocycles. The lowest BCUT2D eigenvalue weighted by atomic mass is 9.99. The zero-order chi connectivity index (χ0) is 15.9. The quantitative estimate of drug-likeness (QED) is 0.618. The molecule has 0 radical (unpaired) electrons. The van der Waals surface area contributed by atoms with Crippen molar-refractivity contribution in [1.82, 2.24) is 0 Å². The largest absolute Gasteiger partial charge is 0.467 e. The summed E-state index contributed by atoms with van der Waals surface area (Å²) >= 11 is 0. The normalized spacial score (nSPS) is 10.2. The van der Waals surface area contributed by atoms with Crippen molar-refractivity contribution in [2.45, 2.75) is 19.8 Å². The Hall–Kier alpha value is -2.31. The van der Waals surface area contributed by atoms with E-state index in [9.17, 15) is 4.39 Å². The first-order valence-electron chi connectivity index (χ1n) is 7.14. The van der Waals surface area contributed by atoms with Gasteiger partial charge in [0.25, 0.3) is 0 Å². The molecule has 0 N–H and O–H groups in total. The second-order valence-corrected chi connectivity index (χ2v) is 5.19. The molecule has 2 rings (SSSR count). The van der Waals surface area contributed by atoms with Gasteiger partial charge in [-0.3, -0.25) is 0 Å². The Kier molecular flexibility index (Phi) is 5.57. The van der Waals surface area contributed by atoms with Gasteiger partial charge in [-0.25, -0.2) is 4.39 Å². The number of rotatable bonds is 4. The average molecular weight is 298 g/mol. The number of halogens is 1. The fourth-order valence-corrected chi connectivity index (χ4v) is 2.13. The minimum atomic E-state index is -0.305. The number of hydrogen-bond donors (Lipinski definition) is 0. The van der Waals surface area contributed by atoms with Crippen molar-refractivity contribution in [3.63, 3.8) is 0 Å². The molecular weight excluding hydrogens is 279 g/mol. The molecule has 22 heavy (non-hydrogen) atoms. The summed E-state index contributed by atoms with van der Waals surface area (Å²) in [7, 11) is 1.53. The lowest BCUT2D eigenvalue weighted by Gasteiger charge is -2.15. The van der Waals surface area contributed by atoms with E-state index in [1.165, 1.54) is 13.2 Å². The van der Waals surface area contributed by atoms with Gasteiger partial charge in [-0.1, -0.05) is 43.9 Å². The fraction of sp³-hybridized carbons (Fsp3) is 0.263. The van der Waals surface area contributed by atoms with Gasteiger partial charge in [-0.2, -0.15) is 0 Å². The van der Waals surface area contributed by atoms with Crippen LogP contribution in [0.2, 0.25) is 0 Å². The maximum Gasteiger partial charge on any atom is 0.188 e. The van der Waals surface area contributed by atoms with Crippen LogP contribution in [0.3, 0.4) is 0 Å². The zero-order valence-electron chi connectivity index (χ0n) is 13.0. The first-order valence-corrected chi connectivity index (χ1v) is 7.14. The van der Waals surface area contributed by atoms with Gasteiger partial charge in [0.1, 0.15) is 11.6 Å². The van der Waals surface area contributed by atoms with Crippen molar-refractivity contribution in [3.8, 4) is 17.6 Å². The average Bonchev–Trinajstić information content (AvgIpc) is 2.51. The first-order chi connectivity index (χ1) is 10.6. The number of benzene rings is 2. The Balaban J connectivity index is 2.37. The second kappa shape index (κ2) is 7.63. The number of hydrogen-bond acceptors (Lipinski definition) is 2. The summed E-state index contributed by atoms with van der Waals surface area (Å²) in [6.45, 7) is 3.93. The lowest BCUT2D eigenvalue weighted by molar-refractivity contribution is 0.0500. The van der Waals surface area contributed by atoms with Crippen molar-refractivity contribution in [2.24, 2.45) is 0 Å². The Bertz CT molecular complexity index is 682. The summed E-state index contributed by atoms with van der Waals surface area (Å²) in [6, 6.07) is 12.8. The predicted octanol–water partition coefficient (Wildman–Crippen LogP) is 4.33. The van der Waals surface area contributed by atoms with Crippen molar-refractivity contribution >= 4 is 0 Å². The molecule has 0 saturated carbocycles. The SMILES string of the molecule is COCOc1cc(C#Cc2ccccc2)cc(F)c1C(C)C. The van der Waals surface area contributed by atoms with Crippen LogP contribution in [-0.2, 0) is 4.74 Å². The van der Waals surface area contributed by atoms with E-state index in [4.69, 9.17) is 9.47 Å². The van der Waals surface area contributed by atoms with E-state index < -0.39 is 0 Å². The van der Waals surface area contributed by atoms with E-state index in [1.807, 2.05) is 44.2 Å². The summed E-state index contributed by atoms with van der Waals surface area (Å²) in [5.41, 5.74) is 2.01. The molecule has 0 aliphatic heterocycles. The third-order valence-corrected chi connectivity index (χ3v) is 3.13. The Morgan fingerprint density at radius 2 is 1.73 bits per heavy atom. The van der Waals surface area contributed by atoms with Crippen LogP contribution >= 0.6 is 0 Å². The van der Waals surface area contributed by atoms with Crippen molar-refractivity contribution in [3.05, 3.63) is 65.0 Å². The van der Waals surface area contributed by atoms with Crippen LogP contribution in [0.4, 0.5) is 4.39 Å². The van der Waals surface area contributed by atoms with Gasteiger partial charge in [0.15, 0.2) is 6.79 Å². The van der Waals surface area contributed by atoms with Crippen LogP contribution in [0.5, 0.6) is 5.75 Å². The van der Waals surface area contributed by atoms with Gasteiger partial charge in [-0.15, -0.1) is 0 Å². The lowest BCUT2D eigenvalue weighted by Crippen LogP contribution is -2.05. The molecule has 2 nitrogen and oxygen atoms in total. The maximum absolute atomic E-state index is 14.3. The van der Waals surface area contributed by atoms with E-state index >= 15 is 0 Å². The summed E-state index contributed by atoms with van der Waals surface area (Å²) in [6.07, 6.45) is 0. The van der Waals surface area contributed by atoms with Crippen molar-refractivity contribution < 1.29 is 13.9 Å². The molecule has 0 amide bonds. The third-order valence-electron chi connectivity index (χ3n) is 3.13. The van der Waals surface area contributed by atoms with E-state index in [-0.39, 0.29) is 18.5 Å². The molecule has 3 heteroatoms.